The van der Waals surface area contributed by atoms with Crippen molar-refractivity contribution < 1.29 is 4.42 Å². The Bertz CT molecular complexity index is 660. The van der Waals surface area contributed by atoms with Gasteiger partial charge in [0.1, 0.15) is 11.9 Å². The predicted molar refractivity (Wildman–Crippen MR) is 61.7 cm³/mol. The first kappa shape index (κ1) is 8.85. The topological polar surface area (TPSA) is 38.9 Å². The number of aryl methyl sites for hydroxylation is 1. The number of fused-ring (bicyclic) bond motifs is 3. The fourth-order valence-electron chi connectivity index (χ4n) is 1.73. The Morgan fingerprint density at radius 1 is 1.27 bits per heavy atom. The van der Waals surface area contributed by atoms with E-state index in [1.807, 2.05) is 25.1 Å². The first-order valence-electron chi connectivity index (χ1n) is 4.55. The highest BCUT2D eigenvalue weighted by molar-refractivity contribution is 9.10. The van der Waals surface area contributed by atoms with E-state index in [4.69, 9.17) is 4.42 Å². The monoisotopic (exact) mass is 262 g/mol. The average Bonchev–Trinajstić information content (AvgIpc) is 2.57. The van der Waals surface area contributed by atoms with Gasteiger partial charge in [0.05, 0.1) is 11.1 Å². The molecule has 0 atom stereocenters. The van der Waals surface area contributed by atoms with Crippen molar-refractivity contribution >= 4 is 38.0 Å². The Balaban J connectivity index is 2.61. The molecule has 0 N–H and O–H groups in total. The van der Waals surface area contributed by atoms with Gasteiger partial charge < -0.3 is 4.42 Å². The molecule has 1 aromatic carbocycles. The molecule has 2 aromatic heterocycles. The number of rotatable bonds is 0. The van der Waals surface area contributed by atoms with E-state index in [0.717, 1.165) is 26.5 Å². The third kappa shape index (κ3) is 1.25. The van der Waals surface area contributed by atoms with Crippen molar-refractivity contribution in [2.75, 3.05) is 0 Å². The van der Waals surface area contributed by atoms with Crippen LogP contribution in [0.5, 0.6) is 0 Å². The Morgan fingerprint density at radius 2 is 2.13 bits per heavy atom. The van der Waals surface area contributed by atoms with E-state index in [2.05, 4.69) is 25.9 Å². The molecule has 0 saturated heterocycles. The molecule has 0 aliphatic heterocycles. The highest BCUT2D eigenvalue weighted by atomic mass is 79.9. The molecule has 15 heavy (non-hydrogen) atoms. The maximum absolute atomic E-state index is 5.62. The van der Waals surface area contributed by atoms with Gasteiger partial charge >= 0.3 is 0 Å². The summed E-state index contributed by atoms with van der Waals surface area (Å²) in [5.74, 6) is 0. The van der Waals surface area contributed by atoms with Crippen LogP contribution in [0.1, 0.15) is 5.69 Å². The van der Waals surface area contributed by atoms with Gasteiger partial charge in [-0.05, 0) is 25.1 Å². The van der Waals surface area contributed by atoms with Crippen molar-refractivity contribution in [3.8, 4) is 0 Å². The molecular formula is C11H7BrN2O. The van der Waals surface area contributed by atoms with Gasteiger partial charge in [-0.3, -0.25) is 0 Å². The third-order valence-corrected chi connectivity index (χ3v) is 2.91. The van der Waals surface area contributed by atoms with Crippen molar-refractivity contribution in [3.05, 3.63) is 34.7 Å². The van der Waals surface area contributed by atoms with Crippen molar-refractivity contribution in [1.82, 2.24) is 9.97 Å². The first-order chi connectivity index (χ1) is 7.25. The van der Waals surface area contributed by atoms with Gasteiger partial charge in [0, 0.05) is 9.86 Å². The summed E-state index contributed by atoms with van der Waals surface area (Å²) in [5.41, 5.74) is 2.43. The molecule has 3 rings (SSSR count). The van der Waals surface area contributed by atoms with E-state index in [-0.39, 0.29) is 0 Å². The normalized spacial score (nSPS) is 11.3. The van der Waals surface area contributed by atoms with Gasteiger partial charge in [-0.1, -0.05) is 15.9 Å². The van der Waals surface area contributed by atoms with Crippen LogP contribution in [0.25, 0.3) is 22.1 Å². The zero-order valence-corrected chi connectivity index (χ0v) is 9.58. The molecule has 3 aromatic rings. The summed E-state index contributed by atoms with van der Waals surface area (Å²) in [5, 5.41) is 2.05. The lowest BCUT2D eigenvalue weighted by atomic mass is 10.2. The zero-order valence-electron chi connectivity index (χ0n) is 7.99. The standard InChI is InChI=1S/C11H7BrN2O/c1-6-10-8-4-7(12)2-3-9(8)15-11(10)14-5-13-6/h2-5H,1H3. The van der Waals surface area contributed by atoms with Gasteiger partial charge in [0.2, 0.25) is 5.71 Å². The molecular weight excluding hydrogens is 256 g/mol. The van der Waals surface area contributed by atoms with Crippen LogP contribution in [0.15, 0.2) is 33.4 Å². The van der Waals surface area contributed by atoms with E-state index in [1.54, 1.807) is 0 Å². The van der Waals surface area contributed by atoms with E-state index in [0.29, 0.717) is 5.71 Å². The fraction of sp³-hybridized carbons (Fsp3) is 0.0909. The lowest BCUT2D eigenvalue weighted by molar-refractivity contribution is 0.652. The van der Waals surface area contributed by atoms with Crippen molar-refractivity contribution in [2.45, 2.75) is 6.92 Å². The molecule has 0 aliphatic carbocycles. The Kier molecular flexibility index (Phi) is 1.79. The molecule has 0 fully saturated rings. The SMILES string of the molecule is Cc1ncnc2oc3ccc(Br)cc3c12. The molecule has 2 heterocycles. The lowest BCUT2D eigenvalue weighted by Gasteiger charge is -1.93. The van der Waals surface area contributed by atoms with Gasteiger partial charge in [-0.2, -0.15) is 0 Å². The summed E-state index contributed by atoms with van der Waals surface area (Å²) in [7, 11) is 0. The second kappa shape index (κ2) is 3.03. The van der Waals surface area contributed by atoms with Crippen LogP contribution in [0.2, 0.25) is 0 Å². The highest BCUT2D eigenvalue weighted by Gasteiger charge is 2.10. The maximum atomic E-state index is 5.62. The Morgan fingerprint density at radius 3 is 3.00 bits per heavy atom. The summed E-state index contributed by atoms with van der Waals surface area (Å²) >= 11 is 3.44. The predicted octanol–water partition coefficient (Wildman–Crippen LogP) is 3.45. The van der Waals surface area contributed by atoms with Crippen molar-refractivity contribution in [2.24, 2.45) is 0 Å². The summed E-state index contributed by atoms with van der Waals surface area (Å²) in [4.78, 5) is 8.29. The number of benzene rings is 1. The smallest absolute Gasteiger partial charge is 0.230 e. The molecule has 0 radical (unpaired) electrons. The van der Waals surface area contributed by atoms with E-state index in [9.17, 15) is 0 Å². The molecule has 74 valence electrons. The van der Waals surface area contributed by atoms with Crippen LogP contribution in [-0.2, 0) is 0 Å². The molecule has 0 spiro atoms. The number of furan rings is 1. The number of hydrogen-bond acceptors (Lipinski definition) is 3. The minimum atomic E-state index is 0.649. The van der Waals surface area contributed by atoms with Crippen molar-refractivity contribution in [3.63, 3.8) is 0 Å². The van der Waals surface area contributed by atoms with Gasteiger partial charge in [0.25, 0.3) is 0 Å². The largest absolute Gasteiger partial charge is 0.438 e. The van der Waals surface area contributed by atoms with E-state index >= 15 is 0 Å². The van der Waals surface area contributed by atoms with E-state index < -0.39 is 0 Å². The highest BCUT2D eigenvalue weighted by Crippen LogP contribution is 2.30. The van der Waals surface area contributed by atoms with Crippen molar-refractivity contribution in [1.29, 1.82) is 0 Å². The maximum Gasteiger partial charge on any atom is 0.230 e. The number of aromatic nitrogens is 2. The van der Waals surface area contributed by atoms with Crippen LogP contribution in [0.3, 0.4) is 0 Å². The minimum absolute atomic E-state index is 0.649. The molecule has 0 saturated carbocycles. The molecule has 0 unspecified atom stereocenters. The first-order valence-corrected chi connectivity index (χ1v) is 5.34. The molecule has 4 heteroatoms. The number of hydrogen-bond donors (Lipinski definition) is 0. The minimum Gasteiger partial charge on any atom is -0.438 e. The Hall–Kier alpha value is -1.42. The summed E-state index contributed by atoms with van der Waals surface area (Å²) in [6.45, 7) is 1.96. The van der Waals surface area contributed by atoms with Crippen LogP contribution in [0, 0.1) is 6.92 Å². The Labute approximate surface area is 94.3 Å². The molecule has 0 bridgehead atoms. The van der Waals surface area contributed by atoms with Crippen LogP contribution < -0.4 is 0 Å². The summed E-state index contributed by atoms with van der Waals surface area (Å²) in [6.07, 6.45) is 1.52. The molecule has 0 aliphatic rings. The second-order valence-electron chi connectivity index (χ2n) is 3.38. The second-order valence-corrected chi connectivity index (χ2v) is 4.30. The van der Waals surface area contributed by atoms with Gasteiger partial charge in [0.15, 0.2) is 0 Å². The molecule has 3 nitrogen and oxygen atoms in total. The van der Waals surface area contributed by atoms with Crippen LogP contribution >= 0.6 is 15.9 Å². The summed E-state index contributed by atoms with van der Waals surface area (Å²) in [6, 6.07) is 5.91. The average molecular weight is 263 g/mol. The lowest BCUT2D eigenvalue weighted by Crippen LogP contribution is -1.83. The fourth-order valence-corrected chi connectivity index (χ4v) is 2.09. The van der Waals surface area contributed by atoms with E-state index in [1.165, 1.54) is 6.33 Å². The molecule has 0 amide bonds. The van der Waals surface area contributed by atoms with Gasteiger partial charge in [-0.15, -0.1) is 0 Å². The number of nitrogens with zero attached hydrogens (tertiary/aromatic N) is 2. The quantitative estimate of drug-likeness (QED) is 0.623. The van der Waals surface area contributed by atoms with Gasteiger partial charge in [-0.25, -0.2) is 9.97 Å². The summed E-state index contributed by atoms with van der Waals surface area (Å²) < 4.78 is 6.64. The van der Waals surface area contributed by atoms with Crippen LogP contribution in [-0.4, -0.2) is 9.97 Å². The number of halogens is 1. The zero-order chi connectivity index (χ0) is 10.4. The van der Waals surface area contributed by atoms with Crippen LogP contribution in [0.4, 0.5) is 0 Å². The third-order valence-electron chi connectivity index (χ3n) is 2.42.